The molecule has 0 unspecified atom stereocenters. The van der Waals surface area contributed by atoms with Gasteiger partial charge in [-0.3, -0.25) is 4.79 Å². The van der Waals surface area contributed by atoms with Gasteiger partial charge in [-0.05, 0) is 35.9 Å². The third-order valence-electron chi connectivity index (χ3n) is 3.78. The monoisotopic (exact) mass is 417 g/mol. The minimum absolute atomic E-state index is 0.191. The first-order valence-electron chi connectivity index (χ1n) is 8.41. The topological polar surface area (TPSA) is 66.0 Å². The molecule has 0 aromatic heterocycles. The van der Waals surface area contributed by atoms with Crippen LogP contribution in [0, 0.1) is 0 Å². The lowest BCUT2D eigenvalue weighted by Crippen LogP contribution is -2.17. The number of benzene rings is 2. The van der Waals surface area contributed by atoms with Crippen LogP contribution in [0.25, 0.3) is 6.08 Å². The normalized spacial score (nSPS) is 14.7. The zero-order valence-corrected chi connectivity index (χ0v) is 17.0. The number of thioether (sulfide) groups is 1. The molecule has 2 aromatic carbocycles. The van der Waals surface area contributed by atoms with E-state index in [0.29, 0.717) is 39.7 Å². The molecule has 1 fully saturated rings. The first-order valence-corrected chi connectivity index (χ1v) is 9.64. The fourth-order valence-electron chi connectivity index (χ4n) is 2.47. The van der Waals surface area contributed by atoms with Crippen LogP contribution in [0.3, 0.4) is 0 Å². The molecular formula is C20H19NO5S2. The Kier molecular flexibility index (Phi) is 6.78. The molecule has 146 valence electrons. The van der Waals surface area contributed by atoms with Crippen LogP contribution in [-0.4, -0.2) is 37.7 Å². The summed E-state index contributed by atoms with van der Waals surface area (Å²) in [6.45, 7) is 0.719. The van der Waals surface area contributed by atoms with Gasteiger partial charge in [-0.25, -0.2) is 0 Å². The third-order valence-corrected chi connectivity index (χ3v) is 4.94. The predicted octanol–water partition coefficient (Wildman–Crippen LogP) is 3.65. The summed E-state index contributed by atoms with van der Waals surface area (Å²) in [5, 5.41) is 2.59. The standard InChI is InChI=1S/C20H19NO5S2/c1-23-14-4-3-5-15(12-14)25-8-9-26-16-7-6-13(10-17(16)24-2)11-18-19(22)21-20(27)28-18/h3-7,10-12H,8-9H2,1-2H3,(H,21,22,27)/b18-11-. The minimum atomic E-state index is -0.191. The number of rotatable bonds is 8. The summed E-state index contributed by atoms with van der Waals surface area (Å²) in [7, 11) is 3.18. The summed E-state index contributed by atoms with van der Waals surface area (Å²) >= 11 is 6.23. The number of hydrogen-bond acceptors (Lipinski definition) is 7. The first kappa shape index (κ1) is 20.0. The Bertz CT molecular complexity index is 913. The molecule has 0 saturated carbocycles. The van der Waals surface area contributed by atoms with Gasteiger partial charge in [0.2, 0.25) is 0 Å². The maximum absolute atomic E-state index is 11.8. The van der Waals surface area contributed by atoms with Crippen LogP contribution >= 0.6 is 24.0 Å². The molecule has 0 bridgehead atoms. The average molecular weight is 418 g/mol. The molecule has 1 heterocycles. The SMILES string of the molecule is COc1cccc(OCCOc2ccc(/C=C3\SC(=S)NC3=O)cc2OC)c1. The second-order valence-corrected chi connectivity index (χ2v) is 7.36. The van der Waals surface area contributed by atoms with Crippen molar-refractivity contribution in [3.8, 4) is 23.0 Å². The van der Waals surface area contributed by atoms with Crippen LogP contribution in [0.5, 0.6) is 23.0 Å². The Morgan fingerprint density at radius 1 is 1.00 bits per heavy atom. The molecule has 2 aromatic rings. The molecule has 1 N–H and O–H groups in total. The number of carbonyl (C=O) groups is 1. The van der Waals surface area contributed by atoms with E-state index in [2.05, 4.69) is 5.32 Å². The highest BCUT2D eigenvalue weighted by molar-refractivity contribution is 8.26. The van der Waals surface area contributed by atoms with Gasteiger partial charge in [-0.2, -0.15) is 0 Å². The molecule has 3 rings (SSSR count). The van der Waals surface area contributed by atoms with Gasteiger partial charge in [-0.1, -0.05) is 36.1 Å². The van der Waals surface area contributed by atoms with Crippen molar-refractivity contribution >= 4 is 40.3 Å². The molecular weight excluding hydrogens is 398 g/mol. The Balaban J connectivity index is 1.59. The fraction of sp³-hybridized carbons (Fsp3) is 0.200. The summed E-state index contributed by atoms with van der Waals surface area (Å²) in [5.74, 6) is 2.42. The highest BCUT2D eigenvalue weighted by Crippen LogP contribution is 2.31. The van der Waals surface area contributed by atoms with E-state index < -0.39 is 0 Å². The molecule has 1 amide bonds. The van der Waals surface area contributed by atoms with Gasteiger partial charge < -0.3 is 24.3 Å². The second-order valence-electron chi connectivity index (χ2n) is 5.64. The summed E-state index contributed by atoms with van der Waals surface area (Å²) in [4.78, 5) is 12.3. The predicted molar refractivity (Wildman–Crippen MR) is 113 cm³/mol. The quantitative estimate of drug-likeness (QED) is 0.399. The van der Waals surface area contributed by atoms with E-state index in [-0.39, 0.29) is 5.91 Å². The van der Waals surface area contributed by atoms with Crippen LogP contribution < -0.4 is 24.3 Å². The van der Waals surface area contributed by atoms with Crippen molar-refractivity contribution in [3.63, 3.8) is 0 Å². The van der Waals surface area contributed by atoms with E-state index in [4.69, 9.17) is 31.2 Å². The van der Waals surface area contributed by atoms with Crippen LogP contribution in [0.4, 0.5) is 0 Å². The third kappa shape index (κ3) is 5.17. The van der Waals surface area contributed by atoms with Crippen molar-refractivity contribution in [2.45, 2.75) is 0 Å². The molecule has 1 aliphatic heterocycles. The molecule has 6 nitrogen and oxygen atoms in total. The summed E-state index contributed by atoms with van der Waals surface area (Å²) in [6.07, 6.45) is 1.76. The van der Waals surface area contributed by atoms with Crippen molar-refractivity contribution in [3.05, 3.63) is 52.9 Å². The number of methoxy groups -OCH3 is 2. The van der Waals surface area contributed by atoms with Gasteiger partial charge in [0.05, 0.1) is 19.1 Å². The maximum Gasteiger partial charge on any atom is 0.263 e. The van der Waals surface area contributed by atoms with Gasteiger partial charge >= 0.3 is 0 Å². The largest absolute Gasteiger partial charge is 0.497 e. The van der Waals surface area contributed by atoms with Gasteiger partial charge in [-0.15, -0.1) is 0 Å². The van der Waals surface area contributed by atoms with Crippen LogP contribution in [-0.2, 0) is 4.79 Å². The zero-order valence-electron chi connectivity index (χ0n) is 15.4. The lowest BCUT2D eigenvalue weighted by molar-refractivity contribution is -0.115. The van der Waals surface area contributed by atoms with Gasteiger partial charge in [0, 0.05) is 6.07 Å². The number of amides is 1. The minimum Gasteiger partial charge on any atom is -0.497 e. The van der Waals surface area contributed by atoms with Crippen molar-refractivity contribution < 1.29 is 23.7 Å². The highest BCUT2D eigenvalue weighted by Gasteiger charge is 2.22. The number of thiocarbonyl (C=S) groups is 1. The lowest BCUT2D eigenvalue weighted by Gasteiger charge is -2.12. The van der Waals surface area contributed by atoms with Crippen molar-refractivity contribution in [2.24, 2.45) is 0 Å². The summed E-state index contributed by atoms with van der Waals surface area (Å²) in [5.41, 5.74) is 0.819. The average Bonchev–Trinajstić information content (AvgIpc) is 3.02. The lowest BCUT2D eigenvalue weighted by atomic mass is 10.2. The molecule has 28 heavy (non-hydrogen) atoms. The van der Waals surface area contributed by atoms with Gasteiger partial charge in [0.15, 0.2) is 11.5 Å². The van der Waals surface area contributed by atoms with Crippen molar-refractivity contribution in [1.29, 1.82) is 0 Å². The molecule has 0 atom stereocenters. The molecule has 0 spiro atoms. The van der Waals surface area contributed by atoms with Crippen molar-refractivity contribution in [2.75, 3.05) is 27.4 Å². The smallest absolute Gasteiger partial charge is 0.263 e. The van der Waals surface area contributed by atoms with Gasteiger partial charge in [0.25, 0.3) is 5.91 Å². The van der Waals surface area contributed by atoms with E-state index in [1.807, 2.05) is 30.3 Å². The molecule has 0 radical (unpaired) electrons. The maximum atomic E-state index is 11.8. The van der Waals surface area contributed by atoms with E-state index in [0.717, 1.165) is 11.3 Å². The zero-order chi connectivity index (χ0) is 19.9. The van der Waals surface area contributed by atoms with Crippen LogP contribution in [0.2, 0.25) is 0 Å². The Morgan fingerprint density at radius 2 is 1.79 bits per heavy atom. The Morgan fingerprint density at radius 3 is 2.50 bits per heavy atom. The van der Waals surface area contributed by atoms with Crippen LogP contribution in [0.15, 0.2) is 47.4 Å². The number of nitrogens with one attached hydrogen (secondary N) is 1. The van der Waals surface area contributed by atoms with Crippen LogP contribution in [0.1, 0.15) is 5.56 Å². The van der Waals surface area contributed by atoms with Crippen molar-refractivity contribution in [1.82, 2.24) is 5.32 Å². The van der Waals surface area contributed by atoms with E-state index in [9.17, 15) is 4.79 Å². The Hall–Kier alpha value is -2.71. The van der Waals surface area contributed by atoms with E-state index in [1.54, 1.807) is 32.4 Å². The fourth-order valence-corrected chi connectivity index (χ4v) is 3.51. The second kappa shape index (κ2) is 9.48. The van der Waals surface area contributed by atoms with Gasteiger partial charge in [0.1, 0.15) is 29.0 Å². The molecule has 1 saturated heterocycles. The number of carbonyl (C=O) groups excluding carboxylic acids is 1. The summed E-state index contributed by atoms with van der Waals surface area (Å²) in [6, 6.07) is 12.8. The molecule has 0 aliphatic carbocycles. The first-order chi connectivity index (χ1) is 13.6. The summed E-state index contributed by atoms with van der Waals surface area (Å²) < 4.78 is 22.4. The van der Waals surface area contributed by atoms with E-state index in [1.165, 1.54) is 11.8 Å². The van der Waals surface area contributed by atoms with E-state index >= 15 is 0 Å². The molecule has 1 aliphatic rings. The number of hydrogen-bond donors (Lipinski definition) is 1. The number of ether oxygens (including phenoxy) is 4. The Labute approximate surface area is 172 Å². The highest BCUT2D eigenvalue weighted by atomic mass is 32.2. The molecule has 8 heteroatoms.